The average molecular weight is 336 g/mol. The van der Waals surface area contributed by atoms with E-state index in [1.807, 2.05) is 44.2 Å². The molecule has 1 aliphatic rings. The Bertz CT molecular complexity index is 858. The van der Waals surface area contributed by atoms with Gasteiger partial charge in [-0.15, -0.1) is 0 Å². The molecule has 1 aliphatic heterocycles. The van der Waals surface area contributed by atoms with Crippen LogP contribution in [-0.2, 0) is 0 Å². The first-order valence-electron chi connectivity index (χ1n) is 8.06. The Balaban J connectivity index is 1.83. The summed E-state index contributed by atoms with van der Waals surface area (Å²) >= 11 is 0. The predicted octanol–water partition coefficient (Wildman–Crippen LogP) is 4.66. The first-order chi connectivity index (χ1) is 12.1. The highest BCUT2D eigenvalue weighted by Gasteiger charge is 2.28. The molecule has 0 aromatic heterocycles. The summed E-state index contributed by atoms with van der Waals surface area (Å²) in [5, 5.41) is 0. The van der Waals surface area contributed by atoms with Gasteiger partial charge in [0.15, 0.2) is 5.76 Å². The van der Waals surface area contributed by atoms with Crippen molar-refractivity contribution in [3.8, 4) is 17.2 Å². The number of ether oxygens (including phenoxy) is 3. The number of carbonyl (C=O) groups excluding carboxylic acids is 1. The molecule has 2 aromatic rings. The number of hydrogen-bond acceptors (Lipinski definition) is 4. The van der Waals surface area contributed by atoms with Crippen molar-refractivity contribution in [1.82, 2.24) is 0 Å². The van der Waals surface area contributed by atoms with E-state index in [2.05, 4.69) is 0 Å². The van der Waals surface area contributed by atoms with Gasteiger partial charge in [-0.3, -0.25) is 4.79 Å². The van der Waals surface area contributed by atoms with E-state index in [1.54, 1.807) is 31.4 Å². The van der Waals surface area contributed by atoms with Crippen LogP contribution in [0.5, 0.6) is 17.2 Å². The molecular weight excluding hydrogens is 316 g/mol. The lowest BCUT2D eigenvalue weighted by molar-refractivity contribution is 0.101. The second-order valence-electron chi connectivity index (χ2n) is 5.93. The molecule has 1 heterocycles. The highest BCUT2D eigenvalue weighted by atomic mass is 16.5. The molecule has 0 atom stereocenters. The van der Waals surface area contributed by atoms with Crippen molar-refractivity contribution < 1.29 is 19.0 Å². The third-order valence-corrected chi connectivity index (χ3v) is 3.81. The summed E-state index contributed by atoms with van der Waals surface area (Å²) in [6.07, 6.45) is 3.69. The summed E-state index contributed by atoms with van der Waals surface area (Å²) in [6.45, 7) is 4.52. The van der Waals surface area contributed by atoms with E-state index >= 15 is 0 Å². The molecular formula is C21H20O4. The van der Waals surface area contributed by atoms with Crippen molar-refractivity contribution in [2.75, 3.05) is 13.7 Å². The number of Topliss-reactive ketones (excluding diaryl/α,β-unsaturated/α-hetero) is 1. The van der Waals surface area contributed by atoms with Crippen LogP contribution in [0.15, 0.2) is 59.9 Å². The van der Waals surface area contributed by atoms with E-state index in [1.165, 1.54) is 5.57 Å². The third kappa shape index (κ3) is 3.74. The van der Waals surface area contributed by atoms with Gasteiger partial charge in [0.1, 0.15) is 23.9 Å². The summed E-state index contributed by atoms with van der Waals surface area (Å²) in [7, 11) is 1.60. The topological polar surface area (TPSA) is 44.8 Å². The van der Waals surface area contributed by atoms with Gasteiger partial charge in [0.05, 0.1) is 12.7 Å². The molecule has 0 saturated carbocycles. The first-order valence-corrected chi connectivity index (χ1v) is 8.06. The van der Waals surface area contributed by atoms with Crippen LogP contribution < -0.4 is 14.2 Å². The van der Waals surface area contributed by atoms with E-state index < -0.39 is 0 Å². The lowest BCUT2D eigenvalue weighted by atomic mass is 10.1. The van der Waals surface area contributed by atoms with Crippen molar-refractivity contribution in [2.24, 2.45) is 0 Å². The fourth-order valence-electron chi connectivity index (χ4n) is 2.49. The molecule has 3 rings (SSSR count). The molecule has 0 unspecified atom stereocenters. The first kappa shape index (κ1) is 16.8. The molecule has 0 bridgehead atoms. The minimum absolute atomic E-state index is 0.142. The Kier molecular flexibility index (Phi) is 4.89. The van der Waals surface area contributed by atoms with Gasteiger partial charge in [0, 0.05) is 11.6 Å². The van der Waals surface area contributed by atoms with Gasteiger partial charge in [-0.2, -0.15) is 0 Å². The standard InChI is InChI=1S/C21H20O4/c1-14(2)10-11-24-16-8-9-17-19(13-16)25-20(21(17)22)12-15-6-4-5-7-18(15)23-3/h4-10,12-13H,11H2,1-3H3/b20-12-. The number of carbonyl (C=O) groups is 1. The summed E-state index contributed by atoms with van der Waals surface area (Å²) < 4.78 is 16.7. The van der Waals surface area contributed by atoms with E-state index in [4.69, 9.17) is 14.2 Å². The molecule has 25 heavy (non-hydrogen) atoms. The normalized spacial score (nSPS) is 14.0. The van der Waals surface area contributed by atoms with Crippen molar-refractivity contribution in [1.29, 1.82) is 0 Å². The second kappa shape index (κ2) is 7.26. The fraction of sp³-hybridized carbons (Fsp3) is 0.190. The molecule has 0 amide bonds. The van der Waals surface area contributed by atoms with Crippen molar-refractivity contribution in [2.45, 2.75) is 13.8 Å². The summed E-state index contributed by atoms with van der Waals surface area (Å²) in [5.41, 5.74) is 2.52. The number of fused-ring (bicyclic) bond motifs is 1. The largest absolute Gasteiger partial charge is 0.496 e. The predicted molar refractivity (Wildman–Crippen MR) is 97.3 cm³/mol. The van der Waals surface area contributed by atoms with Gasteiger partial charge >= 0.3 is 0 Å². The lowest BCUT2D eigenvalue weighted by Gasteiger charge is -2.05. The number of methoxy groups -OCH3 is 1. The minimum atomic E-state index is -0.142. The summed E-state index contributed by atoms with van der Waals surface area (Å²) in [4.78, 5) is 12.5. The molecule has 0 spiro atoms. The van der Waals surface area contributed by atoms with Gasteiger partial charge in [0.2, 0.25) is 5.78 Å². The zero-order valence-electron chi connectivity index (χ0n) is 14.5. The second-order valence-corrected chi connectivity index (χ2v) is 5.93. The van der Waals surface area contributed by atoms with Gasteiger partial charge in [0.25, 0.3) is 0 Å². The summed E-state index contributed by atoms with van der Waals surface area (Å²) in [5.74, 6) is 2.01. The Morgan fingerprint density at radius 2 is 1.96 bits per heavy atom. The highest BCUT2D eigenvalue weighted by Crippen LogP contribution is 2.35. The van der Waals surface area contributed by atoms with Crippen LogP contribution in [0, 0.1) is 0 Å². The maximum absolute atomic E-state index is 12.5. The van der Waals surface area contributed by atoms with Crippen molar-refractivity contribution in [3.63, 3.8) is 0 Å². The monoisotopic (exact) mass is 336 g/mol. The Labute approximate surface area is 147 Å². The smallest absolute Gasteiger partial charge is 0.231 e. The molecule has 0 radical (unpaired) electrons. The zero-order valence-corrected chi connectivity index (χ0v) is 14.5. The Hall–Kier alpha value is -3.01. The van der Waals surface area contributed by atoms with Crippen LogP contribution >= 0.6 is 0 Å². The maximum Gasteiger partial charge on any atom is 0.231 e. The van der Waals surface area contributed by atoms with Gasteiger partial charge in [-0.05, 0) is 44.2 Å². The highest BCUT2D eigenvalue weighted by molar-refractivity contribution is 6.14. The lowest BCUT2D eigenvalue weighted by Crippen LogP contribution is -1.98. The molecule has 4 nitrogen and oxygen atoms in total. The molecule has 128 valence electrons. The number of allylic oxidation sites excluding steroid dienone is 2. The van der Waals surface area contributed by atoms with E-state index in [-0.39, 0.29) is 11.5 Å². The van der Waals surface area contributed by atoms with E-state index in [9.17, 15) is 4.79 Å². The van der Waals surface area contributed by atoms with Crippen molar-refractivity contribution in [3.05, 3.63) is 71.0 Å². The number of para-hydroxylation sites is 1. The van der Waals surface area contributed by atoms with Gasteiger partial charge in [-0.1, -0.05) is 23.8 Å². The quantitative estimate of drug-likeness (QED) is 0.588. The van der Waals surface area contributed by atoms with Gasteiger partial charge < -0.3 is 14.2 Å². The SMILES string of the molecule is COc1ccccc1/C=C1\Oc2cc(OCC=C(C)C)ccc2C1=O. The van der Waals surface area contributed by atoms with Crippen LogP contribution in [0.3, 0.4) is 0 Å². The van der Waals surface area contributed by atoms with E-state index in [0.717, 1.165) is 5.56 Å². The molecule has 0 N–H and O–H groups in total. The molecule has 0 saturated heterocycles. The van der Waals surface area contributed by atoms with E-state index in [0.29, 0.717) is 29.4 Å². The Morgan fingerprint density at radius 1 is 1.16 bits per heavy atom. The molecule has 0 fully saturated rings. The van der Waals surface area contributed by atoms with Crippen LogP contribution in [-0.4, -0.2) is 19.5 Å². The summed E-state index contributed by atoms with van der Waals surface area (Å²) in [6, 6.07) is 12.7. The minimum Gasteiger partial charge on any atom is -0.496 e. The number of benzene rings is 2. The van der Waals surface area contributed by atoms with Crippen molar-refractivity contribution >= 4 is 11.9 Å². The molecule has 0 aliphatic carbocycles. The fourth-order valence-corrected chi connectivity index (χ4v) is 2.49. The number of ketones is 1. The van der Waals surface area contributed by atoms with Gasteiger partial charge in [-0.25, -0.2) is 0 Å². The third-order valence-electron chi connectivity index (χ3n) is 3.81. The van der Waals surface area contributed by atoms with Crippen LogP contribution in [0.4, 0.5) is 0 Å². The molecule has 2 aromatic carbocycles. The number of hydrogen-bond donors (Lipinski definition) is 0. The van der Waals surface area contributed by atoms with Crippen LogP contribution in [0.1, 0.15) is 29.8 Å². The average Bonchev–Trinajstić information content (AvgIpc) is 2.90. The zero-order chi connectivity index (χ0) is 17.8. The van der Waals surface area contributed by atoms with Crippen LogP contribution in [0.2, 0.25) is 0 Å². The Morgan fingerprint density at radius 3 is 2.72 bits per heavy atom. The maximum atomic E-state index is 12.5. The van der Waals surface area contributed by atoms with Crippen LogP contribution in [0.25, 0.3) is 6.08 Å². The molecule has 4 heteroatoms. The number of rotatable bonds is 5.